The van der Waals surface area contributed by atoms with Crippen molar-refractivity contribution in [2.24, 2.45) is 0 Å². The van der Waals surface area contributed by atoms with Crippen LogP contribution in [0.5, 0.6) is 28.9 Å². The smallest absolute Gasteiger partial charge is 0.221 e. The fourth-order valence-corrected chi connectivity index (χ4v) is 9.01. The van der Waals surface area contributed by atoms with Gasteiger partial charge in [-0.3, -0.25) is 0 Å². The lowest BCUT2D eigenvalue weighted by Crippen LogP contribution is -2.44. The molecule has 2 fully saturated rings. The molecule has 0 aliphatic carbocycles. The van der Waals surface area contributed by atoms with Crippen molar-refractivity contribution in [3.63, 3.8) is 0 Å². The number of benzene rings is 2. The molecule has 2 N–H and O–H groups in total. The topological polar surface area (TPSA) is 133 Å². The first-order valence-corrected chi connectivity index (χ1v) is 22.6. The summed E-state index contributed by atoms with van der Waals surface area (Å²) in [7, 11) is 8.07. The Kier molecular flexibility index (Phi) is 12.4. The quantitative estimate of drug-likeness (QED) is 0.107. The lowest BCUT2D eigenvalue weighted by atomic mass is 10.0. The SMILES string of the molecule is COc1cc(OC)c(F)c(Cc2c[nH]c3ncc(-c4cc(Oc5cc(OC)c(F)c(Cc6c[nH]c7ncc(-c8ccc(N9CCN(C)CC9)nc8)cc67)c5F)nc(N5CCN(C)CC5)c4)cc23)c1F. The number of H-pyrrole nitrogens is 2. The van der Waals surface area contributed by atoms with Gasteiger partial charge in [0.25, 0.3) is 0 Å². The number of pyridine rings is 4. The second-order valence-electron chi connectivity index (χ2n) is 17.4. The third-order valence-corrected chi connectivity index (χ3v) is 13.1. The Hall–Kier alpha value is -7.44. The van der Waals surface area contributed by atoms with Gasteiger partial charge in [-0.1, -0.05) is 0 Å². The van der Waals surface area contributed by atoms with E-state index in [9.17, 15) is 0 Å². The van der Waals surface area contributed by atoms with Crippen LogP contribution >= 0.6 is 0 Å². The van der Waals surface area contributed by atoms with Gasteiger partial charge in [-0.25, -0.2) is 32.5 Å². The maximum absolute atomic E-state index is 16.9. The van der Waals surface area contributed by atoms with Crippen LogP contribution in [0.1, 0.15) is 22.3 Å². The van der Waals surface area contributed by atoms with Crippen molar-refractivity contribution in [2.45, 2.75) is 12.8 Å². The maximum atomic E-state index is 16.9. The number of aromatic nitrogens is 6. The summed E-state index contributed by atoms with van der Waals surface area (Å²) < 4.78 is 86.4. The molecular formula is C51H50F4N10O4. The van der Waals surface area contributed by atoms with Crippen molar-refractivity contribution in [3.05, 3.63) is 125 Å². The second kappa shape index (κ2) is 18.9. The summed E-state index contributed by atoms with van der Waals surface area (Å²) in [6.07, 6.45) is 8.29. The number of piperazine rings is 2. The Balaban J connectivity index is 0.979. The number of anilines is 2. The number of likely N-dealkylation sites (N-methyl/N-ethyl adjacent to an activating group) is 2. The van der Waals surface area contributed by atoms with E-state index in [1.165, 1.54) is 33.5 Å². The molecule has 8 aromatic rings. The molecule has 10 rings (SSSR count). The molecule has 18 heteroatoms. The van der Waals surface area contributed by atoms with Gasteiger partial charge in [0.2, 0.25) is 5.88 Å². The van der Waals surface area contributed by atoms with Gasteiger partial charge < -0.3 is 48.5 Å². The number of hydrogen-bond donors (Lipinski definition) is 2. The molecule has 356 valence electrons. The van der Waals surface area contributed by atoms with E-state index in [0.717, 1.165) is 56.2 Å². The van der Waals surface area contributed by atoms with Gasteiger partial charge in [0.15, 0.2) is 46.3 Å². The molecule has 0 unspecified atom stereocenters. The van der Waals surface area contributed by atoms with Crippen LogP contribution in [0.3, 0.4) is 0 Å². The predicted octanol–water partition coefficient (Wildman–Crippen LogP) is 8.62. The minimum absolute atomic E-state index is 0.0372. The minimum Gasteiger partial charge on any atom is -0.494 e. The normalized spacial score (nSPS) is 14.8. The Morgan fingerprint density at radius 1 is 0.507 bits per heavy atom. The summed E-state index contributed by atoms with van der Waals surface area (Å²) in [4.78, 5) is 34.0. The van der Waals surface area contributed by atoms with Crippen molar-refractivity contribution < 1.29 is 36.5 Å². The second-order valence-corrected chi connectivity index (χ2v) is 17.4. The van der Waals surface area contributed by atoms with E-state index in [2.05, 4.69) is 46.6 Å². The molecule has 0 bridgehead atoms. The zero-order valence-electron chi connectivity index (χ0n) is 38.8. The van der Waals surface area contributed by atoms with Crippen molar-refractivity contribution in [3.8, 4) is 51.1 Å². The molecule has 2 aromatic carbocycles. The third-order valence-electron chi connectivity index (χ3n) is 13.1. The Labute approximate surface area is 395 Å². The average molecular weight is 943 g/mol. The summed E-state index contributed by atoms with van der Waals surface area (Å²) in [5.41, 5.74) is 4.67. The van der Waals surface area contributed by atoms with Crippen molar-refractivity contribution in [2.75, 3.05) is 97.6 Å². The number of fused-ring (bicyclic) bond motifs is 2. The third kappa shape index (κ3) is 8.92. The highest BCUT2D eigenvalue weighted by atomic mass is 19.1. The summed E-state index contributed by atoms with van der Waals surface area (Å²) in [6.45, 7) is 6.62. The molecule has 0 amide bonds. The van der Waals surface area contributed by atoms with E-state index in [4.69, 9.17) is 28.9 Å². The standard InChI is InChI=1S/C51H50F4N10O4/c1-62-8-12-64(13-9-62)43-7-6-29(24-56-43)31-16-35-34(28-59-50(35)57-25-31)19-38-48(54)41(68-5)23-42(49(38)55)69-45-21-30(20-44(61-45)65-14-10-63(2)11-15-65)32-17-36-33(27-60-51(36)58-26-32)18-37-46(52)39(66-3)22-40(67-4)47(37)53/h6-7,16-17,20-28H,8-15,18-19H2,1-5H3,(H,57,59)(H,58,60). The van der Waals surface area contributed by atoms with Crippen molar-refractivity contribution in [1.29, 1.82) is 0 Å². The van der Waals surface area contributed by atoms with Gasteiger partial charge in [-0.15, -0.1) is 0 Å². The number of ether oxygens (including phenoxy) is 4. The molecule has 14 nitrogen and oxygen atoms in total. The molecule has 2 saturated heterocycles. The van der Waals surface area contributed by atoms with Crippen LogP contribution < -0.4 is 28.7 Å². The van der Waals surface area contributed by atoms with Crippen LogP contribution in [-0.2, 0) is 12.8 Å². The number of halogens is 4. The van der Waals surface area contributed by atoms with Gasteiger partial charge in [-0.2, -0.15) is 4.98 Å². The van der Waals surface area contributed by atoms with Gasteiger partial charge in [0.1, 0.15) is 22.9 Å². The summed E-state index contributed by atoms with van der Waals surface area (Å²) in [5.74, 6) is -2.73. The molecule has 2 aliphatic heterocycles. The molecule has 69 heavy (non-hydrogen) atoms. The molecule has 0 radical (unpaired) electrons. The Morgan fingerprint density at radius 3 is 1.46 bits per heavy atom. The molecule has 0 atom stereocenters. The van der Waals surface area contributed by atoms with E-state index in [0.29, 0.717) is 63.2 Å². The highest BCUT2D eigenvalue weighted by molar-refractivity contribution is 5.86. The zero-order chi connectivity index (χ0) is 47.9. The number of rotatable bonds is 13. The van der Waals surface area contributed by atoms with Crippen LogP contribution in [-0.4, -0.2) is 127 Å². The number of methoxy groups -OCH3 is 3. The largest absolute Gasteiger partial charge is 0.494 e. The average Bonchev–Trinajstić information content (AvgIpc) is 3.98. The zero-order valence-corrected chi connectivity index (χ0v) is 38.8. The first-order chi connectivity index (χ1) is 33.5. The maximum Gasteiger partial charge on any atom is 0.221 e. The lowest BCUT2D eigenvalue weighted by Gasteiger charge is -2.33. The van der Waals surface area contributed by atoms with Gasteiger partial charge in [0.05, 0.1) is 21.3 Å². The molecule has 6 aromatic heterocycles. The molecule has 2 aliphatic rings. The van der Waals surface area contributed by atoms with Crippen LogP contribution in [0.25, 0.3) is 44.3 Å². The van der Waals surface area contributed by atoms with Crippen molar-refractivity contribution >= 4 is 33.7 Å². The van der Waals surface area contributed by atoms with Crippen LogP contribution in [0.2, 0.25) is 0 Å². The van der Waals surface area contributed by atoms with Crippen LogP contribution in [0.4, 0.5) is 29.2 Å². The number of nitrogens with zero attached hydrogens (tertiary/aromatic N) is 8. The van der Waals surface area contributed by atoms with E-state index < -0.39 is 23.3 Å². The van der Waals surface area contributed by atoms with E-state index in [-0.39, 0.29) is 52.8 Å². The summed E-state index contributed by atoms with van der Waals surface area (Å²) in [6, 6.07) is 13.7. The molecule has 0 spiro atoms. The number of hydrogen-bond acceptors (Lipinski definition) is 12. The van der Waals surface area contributed by atoms with Crippen molar-refractivity contribution in [1.82, 2.24) is 39.7 Å². The Morgan fingerprint density at radius 2 is 0.971 bits per heavy atom. The predicted molar refractivity (Wildman–Crippen MR) is 256 cm³/mol. The fraction of sp³-hybridized carbons (Fsp3) is 0.294. The highest BCUT2D eigenvalue weighted by Gasteiger charge is 2.26. The highest BCUT2D eigenvalue weighted by Crippen LogP contribution is 2.39. The van der Waals surface area contributed by atoms with E-state index in [1.54, 1.807) is 30.9 Å². The molecular weight excluding hydrogens is 893 g/mol. The lowest BCUT2D eigenvalue weighted by molar-refractivity contribution is 0.311. The minimum atomic E-state index is -0.919. The van der Waals surface area contributed by atoms with Gasteiger partial charge in [-0.05, 0) is 61.1 Å². The van der Waals surface area contributed by atoms with Crippen LogP contribution in [0, 0.1) is 23.3 Å². The van der Waals surface area contributed by atoms with E-state index >= 15 is 17.6 Å². The first-order valence-electron chi connectivity index (χ1n) is 22.6. The summed E-state index contributed by atoms with van der Waals surface area (Å²) >= 11 is 0. The van der Waals surface area contributed by atoms with Gasteiger partial charge in [0, 0.05) is 153 Å². The number of nitrogens with one attached hydrogen (secondary N) is 2. The number of aromatic amines is 2. The molecule has 8 heterocycles. The molecule has 0 saturated carbocycles. The van der Waals surface area contributed by atoms with Gasteiger partial charge >= 0.3 is 0 Å². The van der Waals surface area contributed by atoms with Crippen LogP contribution in [0.15, 0.2) is 79.5 Å². The first kappa shape index (κ1) is 45.3. The Bertz CT molecular complexity index is 3160. The summed E-state index contributed by atoms with van der Waals surface area (Å²) in [5, 5.41) is 1.31. The van der Waals surface area contributed by atoms with E-state index in [1.807, 2.05) is 43.6 Å². The fourth-order valence-electron chi connectivity index (χ4n) is 9.01. The monoisotopic (exact) mass is 942 g/mol.